The van der Waals surface area contributed by atoms with Crippen LogP contribution in [0.4, 0.5) is 4.39 Å². The number of aromatic amines is 1. The summed E-state index contributed by atoms with van der Waals surface area (Å²) in [6.07, 6.45) is 0. The van der Waals surface area contributed by atoms with E-state index in [2.05, 4.69) is 25.8 Å². The van der Waals surface area contributed by atoms with Gasteiger partial charge in [-0.3, -0.25) is 0 Å². The molecular weight excluding hydrogens is 293 g/mol. The third-order valence-corrected chi connectivity index (χ3v) is 3.98. The van der Waals surface area contributed by atoms with Crippen molar-refractivity contribution in [1.82, 2.24) is 4.98 Å². The van der Waals surface area contributed by atoms with Gasteiger partial charge in [0.1, 0.15) is 11.5 Å². The molecule has 0 spiro atoms. The van der Waals surface area contributed by atoms with Crippen LogP contribution in [0.5, 0.6) is 0 Å². The molecule has 1 aromatic heterocycles. The minimum Gasteiger partial charge on any atom is -0.477 e. The Labute approximate surface area is 133 Å². The van der Waals surface area contributed by atoms with Gasteiger partial charge in [0.05, 0.1) is 0 Å². The summed E-state index contributed by atoms with van der Waals surface area (Å²) in [7, 11) is 0. The third kappa shape index (κ3) is 2.84. The topological polar surface area (TPSA) is 53.1 Å². The molecule has 3 aromatic rings. The zero-order valence-electron chi connectivity index (χ0n) is 13.3. The molecule has 0 aliphatic heterocycles. The molecule has 0 aliphatic rings. The van der Waals surface area contributed by atoms with E-state index in [0.717, 1.165) is 11.1 Å². The molecule has 2 N–H and O–H groups in total. The first-order valence-corrected chi connectivity index (χ1v) is 7.42. The molecule has 0 saturated heterocycles. The molecule has 118 valence electrons. The number of fused-ring (bicyclic) bond motifs is 1. The lowest BCUT2D eigenvalue weighted by Gasteiger charge is -2.20. The largest absolute Gasteiger partial charge is 0.477 e. The standard InChI is InChI=1S/C19H18FNO2/c1-19(2,3)13-6-4-5-11(7-13)14-8-12-9-17(18(22)23)21-16(12)10-15(14)20/h4-10,21H,1-3H3,(H,22,23). The van der Waals surface area contributed by atoms with E-state index in [1.165, 1.54) is 12.1 Å². The zero-order chi connectivity index (χ0) is 16.8. The minimum absolute atomic E-state index is 0.0266. The van der Waals surface area contributed by atoms with Crippen molar-refractivity contribution in [3.8, 4) is 11.1 Å². The highest BCUT2D eigenvalue weighted by atomic mass is 19.1. The number of benzene rings is 2. The van der Waals surface area contributed by atoms with Crippen LogP contribution in [0, 0.1) is 5.82 Å². The first-order valence-electron chi connectivity index (χ1n) is 7.42. The summed E-state index contributed by atoms with van der Waals surface area (Å²) < 4.78 is 14.5. The molecule has 23 heavy (non-hydrogen) atoms. The number of aromatic nitrogens is 1. The van der Waals surface area contributed by atoms with Crippen LogP contribution in [-0.4, -0.2) is 16.1 Å². The molecule has 0 aliphatic carbocycles. The van der Waals surface area contributed by atoms with E-state index >= 15 is 0 Å². The average Bonchev–Trinajstić information content (AvgIpc) is 2.88. The number of halogens is 1. The van der Waals surface area contributed by atoms with Crippen LogP contribution in [-0.2, 0) is 5.41 Å². The van der Waals surface area contributed by atoms with E-state index in [0.29, 0.717) is 16.5 Å². The summed E-state index contributed by atoms with van der Waals surface area (Å²) >= 11 is 0. The smallest absolute Gasteiger partial charge is 0.352 e. The fourth-order valence-corrected chi connectivity index (χ4v) is 2.64. The van der Waals surface area contributed by atoms with Crippen molar-refractivity contribution >= 4 is 16.9 Å². The van der Waals surface area contributed by atoms with Gasteiger partial charge < -0.3 is 10.1 Å². The summed E-state index contributed by atoms with van der Waals surface area (Å²) in [6, 6.07) is 12.3. The average molecular weight is 311 g/mol. The first kappa shape index (κ1) is 15.3. The maximum atomic E-state index is 14.5. The molecule has 4 heteroatoms. The molecule has 0 fully saturated rings. The van der Waals surface area contributed by atoms with Crippen LogP contribution in [0.15, 0.2) is 42.5 Å². The summed E-state index contributed by atoms with van der Waals surface area (Å²) in [5.41, 5.74) is 2.89. The highest BCUT2D eigenvalue weighted by Gasteiger charge is 2.16. The van der Waals surface area contributed by atoms with Crippen molar-refractivity contribution < 1.29 is 14.3 Å². The molecular formula is C19H18FNO2. The van der Waals surface area contributed by atoms with Crippen LogP contribution in [0.2, 0.25) is 0 Å². The van der Waals surface area contributed by atoms with Crippen LogP contribution in [0.1, 0.15) is 36.8 Å². The maximum absolute atomic E-state index is 14.5. The highest BCUT2D eigenvalue weighted by molar-refractivity contribution is 5.95. The Morgan fingerprint density at radius 3 is 2.52 bits per heavy atom. The number of carboxylic acid groups (broad SMARTS) is 1. The number of hydrogen-bond acceptors (Lipinski definition) is 1. The van der Waals surface area contributed by atoms with Gasteiger partial charge in [0, 0.05) is 16.5 Å². The molecule has 3 nitrogen and oxygen atoms in total. The Bertz CT molecular complexity index is 903. The SMILES string of the molecule is CC(C)(C)c1cccc(-c2cc3cc(C(=O)O)[nH]c3cc2F)c1. The third-order valence-electron chi connectivity index (χ3n) is 3.98. The maximum Gasteiger partial charge on any atom is 0.352 e. The van der Waals surface area contributed by atoms with Crippen molar-refractivity contribution in [3.63, 3.8) is 0 Å². The number of H-pyrrole nitrogens is 1. The van der Waals surface area contributed by atoms with Gasteiger partial charge in [-0.15, -0.1) is 0 Å². The monoisotopic (exact) mass is 311 g/mol. The molecule has 0 unspecified atom stereocenters. The lowest BCUT2D eigenvalue weighted by Crippen LogP contribution is -2.10. The van der Waals surface area contributed by atoms with Gasteiger partial charge >= 0.3 is 5.97 Å². The van der Waals surface area contributed by atoms with Gasteiger partial charge in [-0.1, -0.05) is 45.0 Å². The summed E-state index contributed by atoms with van der Waals surface area (Å²) in [4.78, 5) is 13.8. The van der Waals surface area contributed by atoms with Crippen molar-refractivity contribution in [2.24, 2.45) is 0 Å². The van der Waals surface area contributed by atoms with Crippen LogP contribution < -0.4 is 0 Å². The number of hydrogen-bond donors (Lipinski definition) is 2. The van der Waals surface area contributed by atoms with Crippen molar-refractivity contribution in [2.75, 3.05) is 0 Å². The van der Waals surface area contributed by atoms with E-state index in [4.69, 9.17) is 5.11 Å². The molecule has 0 bridgehead atoms. The Kier molecular flexibility index (Phi) is 3.48. The summed E-state index contributed by atoms with van der Waals surface area (Å²) in [6.45, 7) is 6.32. The van der Waals surface area contributed by atoms with Gasteiger partial charge in [-0.25, -0.2) is 9.18 Å². The number of aromatic carboxylic acids is 1. The lowest BCUT2D eigenvalue weighted by molar-refractivity contribution is 0.0691. The van der Waals surface area contributed by atoms with Gasteiger partial charge in [0.2, 0.25) is 0 Å². The number of carbonyl (C=O) groups is 1. The molecule has 0 amide bonds. The lowest BCUT2D eigenvalue weighted by atomic mass is 9.85. The van der Waals surface area contributed by atoms with Crippen molar-refractivity contribution in [2.45, 2.75) is 26.2 Å². The second kappa shape index (κ2) is 5.23. The Balaban J connectivity index is 2.16. The quantitative estimate of drug-likeness (QED) is 0.702. The van der Waals surface area contributed by atoms with Gasteiger partial charge in [-0.05, 0) is 34.7 Å². The van der Waals surface area contributed by atoms with E-state index in [-0.39, 0.29) is 16.9 Å². The van der Waals surface area contributed by atoms with Gasteiger partial charge in [0.25, 0.3) is 0 Å². The fraction of sp³-hybridized carbons (Fsp3) is 0.211. The van der Waals surface area contributed by atoms with Gasteiger partial charge in [-0.2, -0.15) is 0 Å². The molecule has 1 heterocycles. The van der Waals surface area contributed by atoms with E-state index < -0.39 is 5.97 Å². The first-order chi connectivity index (χ1) is 10.8. The molecule has 0 radical (unpaired) electrons. The second-order valence-corrected chi connectivity index (χ2v) is 6.74. The summed E-state index contributed by atoms with van der Waals surface area (Å²) in [5, 5.41) is 9.72. The number of carboxylic acids is 1. The second-order valence-electron chi connectivity index (χ2n) is 6.74. The van der Waals surface area contributed by atoms with E-state index in [1.54, 1.807) is 6.07 Å². The molecule has 2 aromatic carbocycles. The van der Waals surface area contributed by atoms with Gasteiger partial charge in [0.15, 0.2) is 0 Å². The molecule has 3 rings (SSSR count). The Morgan fingerprint density at radius 2 is 1.87 bits per heavy atom. The van der Waals surface area contributed by atoms with E-state index in [9.17, 15) is 9.18 Å². The Hall–Kier alpha value is -2.62. The predicted molar refractivity (Wildman–Crippen MR) is 89.4 cm³/mol. The minimum atomic E-state index is -1.06. The van der Waals surface area contributed by atoms with Crippen LogP contribution in [0.25, 0.3) is 22.0 Å². The van der Waals surface area contributed by atoms with Crippen LogP contribution >= 0.6 is 0 Å². The predicted octanol–water partition coefficient (Wildman–Crippen LogP) is 4.97. The van der Waals surface area contributed by atoms with Crippen molar-refractivity contribution in [1.29, 1.82) is 0 Å². The van der Waals surface area contributed by atoms with Crippen molar-refractivity contribution in [3.05, 3.63) is 59.5 Å². The number of rotatable bonds is 2. The normalized spacial score (nSPS) is 11.8. The fourth-order valence-electron chi connectivity index (χ4n) is 2.64. The zero-order valence-corrected chi connectivity index (χ0v) is 13.3. The highest BCUT2D eigenvalue weighted by Crippen LogP contribution is 2.31. The number of nitrogens with one attached hydrogen (secondary N) is 1. The van der Waals surface area contributed by atoms with Crippen LogP contribution in [0.3, 0.4) is 0 Å². The molecule has 0 atom stereocenters. The Morgan fingerprint density at radius 1 is 1.13 bits per heavy atom. The molecule has 0 saturated carbocycles. The van der Waals surface area contributed by atoms with E-state index in [1.807, 2.05) is 24.3 Å². The summed E-state index contributed by atoms with van der Waals surface area (Å²) in [5.74, 6) is -1.43.